The molecule has 0 saturated heterocycles. The number of rotatable bonds is 8. The van der Waals surface area contributed by atoms with Crippen LogP contribution in [0, 0.1) is 0 Å². The van der Waals surface area contributed by atoms with E-state index in [9.17, 15) is 9.59 Å². The number of hydrogen-bond acceptors (Lipinski definition) is 3. The fraction of sp³-hybridized carbons (Fsp3) is 0.333. The number of methoxy groups -OCH3 is 1. The van der Waals surface area contributed by atoms with Gasteiger partial charge >= 0.3 is 0 Å². The largest absolute Gasteiger partial charge is 0.496 e. The number of nitrogens with one attached hydrogen (secondary N) is 1. The minimum absolute atomic E-state index is 0.0244. The molecular formula is C21H26N2O3. The molecule has 0 atom stereocenters. The van der Waals surface area contributed by atoms with Crippen molar-refractivity contribution < 1.29 is 14.3 Å². The van der Waals surface area contributed by atoms with Crippen molar-refractivity contribution in [2.75, 3.05) is 25.5 Å². The van der Waals surface area contributed by atoms with E-state index in [2.05, 4.69) is 19.2 Å². The molecule has 0 aliphatic heterocycles. The molecule has 26 heavy (non-hydrogen) atoms. The van der Waals surface area contributed by atoms with Gasteiger partial charge in [-0.1, -0.05) is 26.0 Å². The Morgan fingerprint density at radius 3 is 2.15 bits per heavy atom. The lowest BCUT2D eigenvalue weighted by molar-refractivity contribution is 0.0755. The highest BCUT2D eigenvalue weighted by Crippen LogP contribution is 2.19. The van der Waals surface area contributed by atoms with E-state index >= 15 is 0 Å². The lowest BCUT2D eigenvalue weighted by Crippen LogP contribution is -2.32. The maximum atomic E-state index is 12.6. The van der Waals surface area contributed by atoms with Crippen molar-refractivity contribution in [2.24, 2.45) is 0 Å². The molecule has 2 aromatic rings. The van der Waals surface area contributed by atoms with Gasteiger partial charge in [0.2, 0.25) is 0 Å². The Labute approximate surface area is 155 Å². The van der Waals surface area contributed by atoms with E-state index in [1.54, 1.807) is 42.5 Å². The second kappa shape index (κ2) is 9.61. The van der Waals surface area contributed by atoms with Crippen LogP contribution >= 0.6 is 0 Å². The Kier molecular flexibility index (Phi) is 7.21. The van der Waals surface area contributed by atoms with Crippen molar-refractivity contribution in [3.63, 3.8) is 0 Å². The number of benzene rings is 2. The van der Waals surface area contributed by atoms with Crippen LogP contribution < -0.4 is 10.1 Å². The molecule has 2 rings (SSSR count). The van der Waals surface area contributed by atoms with Crippen molar-refractivity contribution in [2.45, 2.75) is 26.7 Å². The molecule has 5 heteroatoms. The van der Waals surface area contributed by atoms with Crippen molar-refractivity contribution in [1.82, 2.24) is 4.90 Å². The molecule has 0 spiro atoms. The molecule has 0 fully saturated rings. The Morgan fingerprint density at radius 2 is 1.58 bits per heavy atom. The van der Waals surface area contributed by atoms with Gasteiger partial charge in [-0.05, 0) is 49.2 Å². The Balaban J connectivity index is 2.09. The van der Waals surface area contributed by atoms with Gasteiger partial charge < -0.3 is 15.0 Å². The van der Waals surface area contributed by atoms with Gasteiger partial charge in [-0.3, -0.25) is 9.59 Å². The quantitative estimate of drug-likeness (QED) is 0.772. The number of carbonyl (C=O) groups is 2. The first-order chi connectivity index (χ1) is 12.6. The highest BCUT2D eigenvalue weighted by molar-refractivity contribution is 6.06. The Bertz CT molecular complexity index is 735. The van der Waals surface area contributed by atoms with E-state index in [0.29, 0.717) is 22.6 Å². The predicted molar refractivity (Wildman–Crippen MR) is 104 cm³/mol. The summed E-state index contributed by atoms with van der Waals surface area (Å²) in [5.41, 5.74) is 1.73. The monoisotopic (exact) mass is 354 g/mol. The minimum atomic E-state index is -0.250. The van der Waals surface area contributed by atoms with Crippen molar-refractivity contribution in [1.29, 1.82) is 0 Å². The van der Waals surface area contributed by atoms with E-state index in [0.717, 1.165) is 25.9 Å². The number of carbonyl (C=O) groups excluding carboxylic acids is 2. The van der Waals surface area contributed by atoms with E-state index in [4.69, 9.17) is 4.74 Å². The smallest absolute Gasteiger partial charge is 0.259 e. The summed E-state index contributed by atoms with van der Waals surface area (Å²) >= 11 is 0. The van der Waals surface area contributed by atoms with E-state index in [1.807, 2.05) is 11.0 Å². The van der Waals surface area contributed by atoms with Crippen LogP contribution in [-0.2, 0) is 0 Å². The summed E-state index contributed by atoms with van der Waals surface area (Å²) in [6, 6.07) is 14.0. The number of ether oxygens (including phenoxy) is 1. The second-order valence-corrected chi connectivity index (χ2v) is 6.02. The normalized spacial score (nSPS) is 10.3. The Hall–Kier alpha value is -2.82. The van der Waals surface area contributed by atoms with Crippen molar-refractivity contribution >= 4 is 17.5 Å². The number of nitrogens with zero attached hydrogens (tertiary/aromatic N) is 1. The summed E-state index contributed by atoms with van der Waals surface area (Å²) in [5, 5.41) is 2.83. The van der Waals surface area contributed by atoms with Gasteiger partial charge in [0.1, 0.15) is 5.75 Å². The average molecular weight is 354 g/mol. The molecule has 138 valence electrons. The van der Waals surface area contributed by atoms with Crippen LogP contribution in [0.2, 0.25) is 0 Å². The average Bonchev–Trinajstić information content (AvgIpc) is 2.67. The Morgan fingerprint density at radius 1 is 0.962 bits per heavy atom. The van der Waals surface area contributed by atoms with Crippen LogP contribution in [-0.4, -0.2) is 36.9 Å². The van der Waals surface area contributed by atoms with Crippen molar-refractivity contribution in [3.05, 3.63) is 59.7 Å². The SMILES string of the molecule is CCCN(CCC)C(=O)c1ccc(NC(=O)c2ccccc2OC)cc1. The van der Waals surface area contributed by atoms with Crippen LogP contribution in [0.3, 0.4) is 0 Å². The second-order valence-electron chi connectivity index (χ2n) is 6.02. The molecule has 0 unspecified atom stereocenters. The standard InChI is InChI=1S/C21H26N2O3/c1-4-14-23(15-5-2)21(25)16-10-12-17(13-11-16)22-20(24)18-8-6-7-9-19(18)26-3/h6-13H,4-5,14-15H2,1-3H3,(H,22,24). The number of hydrogen-bond donors (Lipinski definition) is 1. The first-order valence-corrected chi connectivity index (χ1v) is 8.94. The van der Waals surface area contributed by atoms with Gasteiger partial charge in [0.15, 0.2) is 0 Å². The van der Waals surface area contributed by atoms with Crippen LogP contribution in [0.5, 0.6) is 5.75 Å². The molecule has 2 amide bonds. The van der Waals surface area contributed by atoms with Gasteiger partial charge in [0.25, 0.3) is 11.8 Å². The maximum absolute atomic E-state index is 12.6. The molecule has 1 N–H and O–H groups in total. The zero-order valence-electron chi connectivity index (χ0n) is 15.6. The van der Waals surface area contributed by atoms with Gasteiger partial charge in [-0.2, -0.15) is 0 Å². The first kappa shape index (κ1) is 19.5. The molecule has 0 heterocycles. The lowest BCUT2D eigenvalue weighted by atomic mass is 10.1. The van der Waals surface area contributed by atoms with Gasteiger partial charge in [0.05, 0.1) is 12.7 Å². The highest BCUT2D eigenvalue weighted by atomic mass is 16.5. The number of para-hydroxylation sites is 1. The third-order valence-electron chi connectivity index (χ3n) is 4.02. The summed E-state index contributed by atoms with van der Waals surface area (Å²) < 4.78 is 5.22. The molecule has 0 saturated carbocycles. The van der Waals surface area contributed by atoms with Gasteiger partial charge in [0, 0.05) is 24.3 Å². The maximum Gasteiger partial charge on any atom is 0.259 e. The molecule has 2 aromatic carbocycles. The fourth-order valence-electron chi connectivity index (χ4n) is 2.76. The molecule has 0 radical (unpaired) electrons. The highest BCUT2D eigenvalue weighted by Gasteiger charge is 2.15. The summed E-state index contributed by atoms with van der Waals surface area (Å²) in [6.07, 6.45) is 1.86. The summed E-state index contributed by atoms with van der Waals surface area (Å²) in [5.74, 6) is 0.294. The zero-order valence-corrected chi connectivity index (χ0v) is 15.6. The molecule has 0 aromatic heterocycles. The molecule has 0 aliphatic carbocycles. The number of amides is 2. The van der Waals surface area contributed by atoms with Crippen molar-refractivity contribution in [3.8, 4) is 5.75 Å². The summed E-state index contributed by atoms with van der Waals surface area (Å²) in [4.78, 5) is 26.9. The zero-order chi connectivity index (χ0) is 18.9. The van der Waals surface area contributed by atoms with E-state index in [-0.39, 0.29) is 11.8 Å². The van der Waals surface area contributed by atoms with Gasteiger partial charge in [-0.15, -0.1) is 0 Å². The predicted octanol–water partition coefficient (Wildman–Crippen LogP) is 4.21. The molecular weight excluding hydrogens is 328 g/mol. The minimum Gasteiger partial charge on any atom is -0.496 e. The van der Waals surface area contributed by atoms with Crippen LogP contribution in [0.1, 0.15) is 47.4 Å². The van der Waals surface area contributed by atoms with E-state index in [1.165, 1.54) is 7.11 Å². The third kappa shape index (κ3) is 4.85. The van der Waals surface area contributed by atoms with Gasteiger partial charge in [-0.25, -0.2) is 0 Å². The topological polar surface area (TPSA) is 58.6 Å². The molecule has 0 bridgehead atoms. The first-order valence-electron chi connectivity index (χ1n) is 8.94. The molecule has 0 aliphatic rings. The van der Waals surface area contributed by atoms with Crippen LogP contribution in [0.25, 0.3) is 0 Å². The molecule has 5 nitrogen and oxygen atoms in total. The summed E-state index contributed by atoms with van der Waals surface area (Å²) in [7, 11) is 1.53. The lowest BCUT2D eigenvalue weighted by Gasteiger charge is -2.21. The van der Waals surface area contributed by atoms with Crippen LogP contribution in [0.4, 0.5) is 5.69 Å². The number of anilines is 1. The van der Waals surface area contributed by atoms with E-state index < -0.39 is 0 Å². The third-order valence-corrected chi connectivity index (χ3v) is 4.02. The summed E-state index contributed by atoms with van der Waals surface area (Å²) in [6.45, 7) is 5.62. The fourth-order valence-corrected chi connectivity index (χ4v) is 2.76. The van der Waals surface area contributed by atoms with Crippen LogP contribution in [0.15, 0.2) is 48.5 Å².